The highest BCUT2D eigenvalue weighted by Crippen LogP contribution is 2.31. The van der Waals surface area contributed by atoms with E-state index >= 15 is 0 Å². The molecule has 2 atom stereocenters. The van der Waals surface area contributed by atoms with Crippen molar-refractivity contribution in [3.05, 3.63) is 18.2 Å². The van der Waals surface area contributed by atoms with Gasteiger partial charge in [-0.15, -0.1) is 0 Å². The average Bonchev–Trinajstić information content (AvgIpc) is 2.56. The van der Waals surface area contributed by atoms with Crippen molar-refractivity contribution in [2.24, 2.45) is 11.8 Å². The van der Waals surface area contributed by atoms with E-state index in [1.54, 1.807) is 0 Å². The van der Waals surface area contributed by atoms with Crippen molar-refractivity contribution in [2.75, 3.05) is 25.5 Å². The SMILES string of the molecule is COc1ccc(OC(F)F)c(NC(=O)C[C@@H](C)[C@@H]2CCCNC2)c1. The highest BCUT2D eigenvalue weighted by atomic mass is 19.3. The number of methoxy groups -OCH3 is 1. The molecule has 7 heteroatoms. The largest absolute Gasteiger partial charge is 0.497 e. The number of carbonyl (C=O) groups excluding carboxylic acids is 1. The summed E-state index contributed by atoms with van der Waals surface area (Å²) in [6.45, 7) is 1.02. The fraction of sp³-hybridized carbons (Fsp3) is 0.588. The van der Waals surface area contributed by atoms with Crippen LogP contribution in [0.25, 0.3) is 0 Å². The second-order valence-corrected chi connectivity index (χ2v) is 6.08. The summed E-state index contributed by atoms with van der Waals surface area (Å²) in [7, 11) is 1.47. The molecule has 1 amide bonds. The Balaban J connectivity index is 2.01. The number of carbonyl (C=O) groups is 1. The molecule has 1 aliphatic rings. The van der Waals surface area contributed by atoms with Gasteiger partial charge in [0.1, 0.15) is 11.5 Å². The van der Waals surface area contributed by atoms with Crippen molar-refractivity contribution in [1.29, 1.82) is 0 Å². The van der Waals surface area contributed by atoms with Crippen LogP contribution in [0.4, 0.5) is 14.5 Å². The summed E-state index contributed by atoms with van der Waals surface area (Å²) in [5.41, 5.74) is 0.189. The predicted molar refractivity (Wildman–Crippen MR) is 87.6 cm³/mol. The Labute approximate surface area is 140 Å². The first-order valence-electron chi connectivity index (χ1n) is 8.13. The number of ether oxygens (including phenoxy) is 2. The maximum absolute atomic E-state index is 12.5. The zero-order chi connectivity index (χ0) is 17.5. The van der Waals surface area contributed by atoms with E-state index in [0.29, 0.717) is 18.1 Å². The Kier molecular flexibility index (Phi) is 6.78. The molecule has 0 unspecified atom stereocenters. The molecule has 1 fully saturated rings. The van der Waals surface area contributed by atoms with Gasteiger partial charge in [0.15, 0.2) is 0 Å². The molecule has 1 aliphatic heterocycles. The predicted octanol–water partition coefficient (Wildman–Crippen LogP) is 3.26. The van der Waals surface area contributed by atoms with Crippen LogP contribution in [0.5, 0.6) is 11.5 Å². The number of piperidine rings is 1. The van der Waals surface area contributed by atoms with E-state index in [9.17, 15) is 13.6 Å². The van der Waals surface area contributed by atoms with E-state index < -0.39 is 6.61 Å². The molecule has 0 bridgehead atoms. The van der Waals surface area contributed by atoms with Crippen molar-refractivity contribution in [3.63, 3.8) is 0 Å². The van der Waals surface area contributed by atoms with Crippen molar-refractivity contribution < 1.29 is 23.0 Å². The number of benzene rings is 1. The van der Waals surface area contributed by atoms with Gasteiger partial charge in [-0.3, -0.25) is 4.79 Å². The lowest BCUT2D eigenvalue weighted by atomic mass is 9.85. The van der Waals surface area contributed by atoms with Crippen LogP contribution in [0.15, 0.2) is 18.2 Å². The summed E-state index contributed by atoms with van der Waals surface area (Å²) < 4.78 is 34.5. The van der Waals surface area contributed by atoms with Gasteiger partial charge in [0.25, 0.3) is 0 Å². The summed E-state index contributed by atoms with van der Waals surface area (Å²) in [6, 6.07) is 4.33. The summed E-state index contributed by atoms with van der Waals surface area (Å²) in [4.78, 5) is 12.3. The molecular weight excluding hydrogens is 318 g/mol. The quantitative estimate of drug-likeness (QED) is 0.798. The van der Waals surface area contributed by atoms with Gasteiger partial charge in [-0.05, 0) is 49.9 Å². The molecule has 2 rings (SSSR count). The molecule has 0 spiro atoms. The first kappa shape index (κ1) is 18.4. The van der Waals surface area contributed by atoms with Crippen molar-refractivity contribution >= 4 is 11.6 Å². The van der Waals surface area contributed by atoms with Crippen LogP contribution < -0.4 is 20.1 Å². The lowest BCUT2D eigenvalue weighted by molar-refractivity contribution is -0.117. The maximum atomic E-state index is 12.5. The molecule has 2 N–H and O–H groups in total. The number of alkyl halides is 2. The normalized spacial score (nSPS) is 19.0. The molecule has 1 aromatic carbocycles. The molecular formula is C17H24F2N2O3. The number of halogens is 2. The highest BCUT2D eigenvalue weighted by Gasteiger charge is 2.22. The smallest absolute Gasteiger partial charge is 0.387 e. The number of nitrogens with one attached hydrogen (secondary N) is 2. The molecule has 1 saturated heterocycles. The topological polar surface area (TPSA) is 59.6 Å². The van der Waals surface area contributed by atoms with Crippen LogP contribution in [-0.4, -0.2) is 32.7 Å². The third-order valence-electron chi connectivity index (χ3n) is 4.32. The second-order valence-electron chi connectivity index (χ2n) is 6.08. The van der Waals surface area contributed by atoms with E-state index in [1.807, 2.05) is 6.92 Å². The molecule has 0 radical (unpaired) electrons. The molecule has 5 nitrogen and oxygen atoms in total. The minimum Gasteiger partial charge on any atom is -0.497 e. The zero-order valence-electron chi connectivity index (χ0n) is 14.0. The van der Waals surface area contributed by atoms with Gasteiger partial charge >= 0.3 is 6.61 Å². The Morgan fingerprint density at radius 2 is 2.25 bits per heavy atom. The van der Waals surface area contributed by atoms with E-state index in [-0.39, 0.29) is 23.3 Å². The van der Waals surface area contributed by atoms with Crippen LogP contribution >= 0.6 is 0 Å². The van der Waals surface area contributed by atoms with Crippen LogP contribution in [0.1, 0.15) is 26.2 Å². The number of amides is 1. The minimum absolute atomic E-state index is 0.0777. The van der Waals surface area contributed by atoms with Gasteiger partial charge in [0.2, 0.25) is 5.91 Å². The zero-order valence-corrected chi connectivity index (χ0v) is 14.0. The van der Waals surface area contributed by atoms with Gasteiger partial charge in [-0.1, -0.05) is 6.92 Å². The highest BCUT2D eigenvalue weighted by molar-refractivity contribution is 5.92. The van der Waals surface area contributed by atoms with Crippen LogP contribution in [0.3, 0.4) is 0 Å². The van der Waals surface area contributed by atoms with E-state index in [4.69, 9.17) is 4.74 Å². The van der Waals surface area contributed by atoms with Crippen LogP contribution in [-0.2, 0) is 4.79 Å². The summed E-state index contributed by atoms with van der Waals surface area (Å²) in [6.07, 6.45) is 2.54. The van der Waals surface area contributed by atoms with E-state index in [1.165, 1.54) is 25.3 Å². The monoisotopic (exact) mass is 342 g/mol. The number of hydrogen-bond acceptors (Lipinski definition) is 4. The number of rotatable bonds is 7. The molecule has 1 heterocycles. The van der Waals surface area contributed by atoms with Crippen LogP contribution in [0, 0.1) is 11.8 Å². The Morgan fingerprint density at radius 3 is 2.88 bits per heavy atom. The van der Waals surface area contributed by atoms with Gasteiger partial charge < -0.3 is 20.1 Å². The number of anilines is 1. The molecule has 0 aliphatic carbocycles. The Hall–Kier alpha value is -1.89. The first-order valence-corrected chi connectivity index (χ1v) is 8.13. The maximum Gasteiger partial charge on any atom is 0.387 e. The van der Waals surface area contributed by atoms with Gasteiger partial charge in [-0.25, -0.2) is 0 Å². The second kappa shape index (κ2) is 8.82. The molecule has 0 aromatic heterocycles. The Morgan fingerprint density at radius 1 is 1.46 bits per heavy atom. The van der Waals surface area contributed by atoms with Gasteiger partial charge in [0, 0.05) is 12.5 Å². The summed E-state index contributed by atoms with van der Waals surface area (Å²) >= 11 is 0. The van der Waals surface area contributed by atoms with E-state index in [2.05, 4.69) is 15.4 Å². The summed E-state index contributed by atoms with van der Waals surface area (Å²) in [5.74, 6) is 0.817. The van der Waals surface area contributed by atoms with E-state index in [0.717, 1.165) is 25.9 Å². The minimum atomic E-state index is -2.96. The molecule has 1 aromatic rings. The van der Waals surface area contributed by atoms with Crippen LogP contribution in [0.2, 0.25) is 0 Å². The van der Waals surface area contributed by atoms with Crippen molar-refractivity contribution in [2.45, 2.75) is 32.8 Å². The van der Waals surface area contributed by atoms with Gasteiger partial charge in [0.05, 0.1) is 12.8 Å². The van der Waals surface area contributed by atoms with Crippen molar-refractivity contribution in [3.8, 4) is 11.5 Å². The molecule has 24 heavy (non-hydrogen) atoms. The lowest BCUT2D eigenvalue weighted by Gasteiger charge is -2.28. The standard InChI is InChI=1S/C17H24F2N2O3/c1-11(12-4-3-7-20-10-12)8-16(22)21-14-9-13(23-2)5-6-15(14)24-17(18)19/h5-6,9,11-12,17,20H,3-4,7-8,10H2,1-2H3,(H,21,22)/t11-,12-/m1/s1. The summed E-state index contributed by atoms with van der Waals surface area (Å²) in [5, 5.41) is 6.00. The van der Waals surface area contributed by atoms with Crippen molar-refractivity contribution in [1.82, 2.24) is 5.32 Å². The first-order chi connectivity index (χ1) is 11.5. The molecule has 134 valence electrons. The Bertz CT molecular complexity index is 549. The average molecular weight is 342 g/mol. The van der Waals surface area contributed by atoms with Gasteiger partial charge in [-0.2, -0.15) is 8.78 Å². The fourth-order valence-corrected chi connectivity index (χ4v) is 2.96. The third kappa shape index (κ3) is 5.33. The molecule has 0 saturated carbocycles. The third-order valence-corrected chi connectivity index (χ3v) is 4.32. The number of hydrogen-bond donors (Lipinski definition) is 2. The fourth-order valence-electron chi connectivity index (χ4n) is 2.96. The lowest BCUT2D eigenvalue weighted by Crippen LogP contribution is -2.34.